The number of aliphatic imine (C=N–C) groups is 1. The highest BCUT2D eigenvalue weighted by atomic mass is 32.2. The minimum atomic E-state index is 0.00265. The van der Waals surface area contributed by atoms with Gasteiger partial charge in [-0.3, -0.25) is 9.79 Å². The highest BCUT2D eigenvalue weighted by Crippen LogP contribution is 2.38. The third kappa shape index (κ3) is 4.13. The van der Waals surface area contributed by atoms with Gasteiger partial charge in [-0.1, -0.05) is 31.5 Å². The maximum absolute atomic E-state index is 11.6. The first kappa shape index (κ1) is 14.7. The van der Waals surface area contributed by atoms with Gasteiger partial charge in [0, 0.05) is 17.3 Å². The normalized spacial score (nSPS) is 32.8. The van der Waals surface area contributed by atoms with E-state index in [-0.39, 0.29) is 24.0 Å². The largest absolute Gasteiger partial charge is 0.359 e. The molecule has 2 unspecified atom stereocenters. The second-order valence-corrected chi connectivity index (χ2v) is 7.20. The van der Waals surface area contributed by atoms with Crippen molar-refractivity contribution in [3.8, 4) is 0 Å². The van der Waals surface area contributed by atoms with Crippen LogP contribution in [0.25, 0.3) is 0 Å². The topological polar surface area (TPSA) is 53.5 Å². The fourth-order valence-electron chi connectivity index (χ4n) is 3.01. The lowest BCUT2D eigenvalue weighted by Crippen LogP contribution is -2.47. The van der Waals surface area contributed by atoms with Crippen LogP contribution in [0.5, 0.6) is 0 Å². The van der Waals surface area contributed by atoms with E-state index >= 15 is 0 Å². The van der Waals surface area contributed by atoms with Crippen molar-refractivity contribution >= 4 is 22.8 Å². The summed E-state index contributed by atoms with van der Waals surface area (Å²) in [5.41, 5.74) is 0.246. The highest BCUT2D eigenvalue weighted by Gasteiger charge is 2.40. The van der Waals surface area contributed by atoms with Crippen LogP contribution in [0.1, 0.15) is 46.5 Å². The summed E-state index contributed by atoms with van der Waals surface area (Å²) in [7, 11) is 0. The molecule has 2 fully saturated rings. The number of amidine groups is 1. The van der Waals surface area contributed by atoms with Gasteiger partial charge in [-0.2, -0.15) is 0 Å². The van der Waals surface area contributed by atoms with Gasteiger partial charge in [-0.25, -0.2) is 0 Å². The smallest absolute Gasteiger partial charge is 0.241 e. The van der Waals surface area contributed by atoms with Crippen molar-refractivity contribution < 1.29 is 4.79 Å². The molecule has 1 saturated heterocycles. The van der Waals surface area contributed by atoms with E-state index in [1.807, 2.05) is 13.8 Å². The summed E-state index contributed by atoms with van der Waals surface area (Å²) in [4.78, 5) is 16.0. The zero-order valence-electron chi connectivity index (χ0n) is 12.2. The minimum Gasteiger partial charge on any atom is -0.359 e. The van der Waals surface area contributed by atoms with Gasteiger partial charge in [-0.05, 0) is 32.6 Å². The predicted octanol–water partition coefficient (Wildman–Crippen LogP) is 2.15. The van der Waals surface area contributed by atoms with Crippen molar-refractivity contribution in [2.75, 3.05) is 12.3 Å². The van der Waals surface area contributed by atoms with E-state index in [2.05, 4.69) is 22.5 Å². The molecule has 19 heavy (non-hydrogen) atoms. The number of hydrogen-bond donors (Lipinski definition) is 2. The van der Waals surface area contributed by atoms with E-state index in [4.69, 9.17) is 0 Å². The average Bonchev–Trinajstić information content (AvgIpc) is 2.68. The van der Waals surface area contributed by atoms with Crippen LogP contribution in [-0.2, 0) is 4.79 Å². The van der Waals surface area contributed by atoms with Gasteiger partial charge in [0.25, 0.3) is 0 Å². The van der Waals surface area contributed by atoms with Crippen molar-refractivity contribution in [2.24, 2.45) is 10.9 Å². The maximum atomic E-state index is 11.6. The zero-order valence-corrected chi connectivity index (χ0v) is 13.0. The summed E-state index contributed by atoms with van der Waals surface area (Å²) in [6.07, 6.45) is 5.12. The van der Waals surface area contributed by atoms with E-state index in [0.717, 1.165) is 16.8 Å². The molecule has 2 aliphatic rings. The molecule has 0 aromatic rings. The highest BCUT2D eigenvalue weighted by molar-refractivity contribution is 8.14. The van der Waals surface area contributed by atoms with Crippen molar-refractivity contribution in [3.63, 3.8) is 0 Å². The number of hydrogen-bond acceptors (Lipinski definition) is 3. The van der Waals surface area contributed by atoms with Crippen molar-refractivity contribution in [1.82, 2.24) is 10.6 Å². The molecular formula is C14H25N3OS. The summed E-state index contributed by atoms with van der Waals surface area (Å²) < 4.78 is 0. The van der Waals surface area contributed by atoms with Crippen molar-refractivity contribution in [3.05, 3.63) is 0 Å². The van der Waals surface area contributed by atoms with Crippen molar-refractivity contribution in [2.45, 2.75) is 58.0 Å². The summed E-state index contributed by atoms with van der Waals surface area (Å²) in [5.74, 6) is 1.90. The first-order valence-electron chi connectivity index (χ1n) is 7.24. The quantitative estimate of drug-likeness (QED) is 0.834. The fourth-order valence-corrected chi connectivity index (χ4v) is 4.20. The molecule has 0 radical (unpaired) electrons. The van der Waals surface area contributed by atoms with E-state index in [9.17, 15) is 4.79 Å². The van der Waals surface area contributed by atoms with Gasteiger partial charge in [0.2, 0.25) is 5.91 Å². The predicted molar refractivity (Wildman–Crippen MR) is 81.5 cm³/mol. The van der Waals surface area contributed by atoms with Gasteiger partial charge >= 0.3 is 0 Å². The Morgan fingerprint density at radius 3 is 3.11 bits per heavy atom. The molecule has 2 rings (SSSR count). The molecule has 2 atom stereocenters. The molecule has 0 bridgehead atoms. The van der Waals surface area contributed by atoms with Gasteiger partial charge in [-0.15, -0.1) is 0 Å². The average molecular weight is 283 g/mol. The molecule has 4 nitrogen and oxygen atoms in total. The molecule has 1 aliphatic heterocycles. The fraction of sp³-hybridized carbons (Fsp3) is 0.857. The Hall–Kier alpha value is -0.710. The van der Waals surface area contributed by atoms with Crippen LogP contribution >= 0.6 is 11.8 Å². The van der Waals surface area contributed by atoms with Crippen LogP contribution in [-0.4, -0.2) is 35.0 Å². The lowest BCUT2D eigenvalue weighted by atomic mass is 9.78. The molecule has 1 saturated carbocycles. The number of rotatable bonds is 3. The third-order valence-electron chi connectivity index (χ3n) is 3.76. The maximum Gasteiger partial charge on any atom is 0.241 e. The van der Waals surface area contributed by atoms with Crippen LogP contribution in [0.15, 0.2) is 4.99 Å². The van der Waals surface area contributed by atoms with Crippen LogP contribution in [0.2, 0.25) is 0 Å². The van der Waals surface area contributed by atoms with E-state index < -0.39 is 0 Å². The number of carbonyl (C=O) groups excluding carboxylic acids is 1. The summed E-state index contributed by atoms with van der Waals surface area (Å²) in [6.45, 7) is 6.50. The van der Waals surface area contributed by atoms with Crippen LogP contribution < -0.4 is 10.6 Å². The monoisotopic (exact) mass is 283 g/mol. The second-order valence-electron chi connectivity index (χ2n) is 6.24. The molecule has 5 heteroatoms. The zero-order chi connectivity index (χ0) is 13.9. The number of nitrogens with zero attached hydrogens (tertiary/aromatic N) is 1. The summed E-state index contributed by atoms with van der Waals surface area (Å²) in [5, 5.41) is 7.39. The van der Waals surface area contributed by atoms with Gasteiger partial charge in [0.15, 0.2) is 5.17 Å². The van der Waals surface area contributed by atoms with E-state index in [1.54, 1.807) is 11.8 Å². The SMILES string of the molecule is CC1CCCC2(CSC(=NCC(=O)NC(C)C)N2)C1. The van der Waals surface area contributed by atoms with Gasteiger partial charge in [0.05, 0.1) is 0 Å². The minimum absolute atomic E-state index is 0.00265. The van der Waals surface area contributed by atoms with Crippen LogP contribution in [0.4, 0.5) is 0 Å². The molecule has 2 N–H and O–H groups in total. The Kier molecular flexibility index (Phi) is 4.76. The Labute approximate surface area is 120 Å². The molecule has 108 valence electrons. The number of amides is 1. The Morgan fingerprint density at radius 1 is 1.63 bits per heavy atom. The lowest BCUT2D eigenvalue weighted by Gasteiger charge is -2.36. The van der Waals surface area contributed by atoms with Gasteiger partial charge < -0.3 is 10.6 Å². The Bertz CT molecular complexity index is 370. The van der Waals surface area contributed by atoms with Crippen LogP contribution in [0, 0.1) is 5.92 Å². The van der Waals surface area contributed by atoms with Gasteiger partial charge in [0.1, 0.15) is 6.54 Å². The first-order chi connectivity index (χ1) is 8.99. The Balaban J connectivity index is 1.85. The first-order valence-corrected chi connectivity index (χ1v) is 8.22. The lowest BCUT2D eigenvalue weighted by molar-refractivity contribution is -0.120. The second kappa shape index (κ2) is 6.16. The standard InChI is InChI=1S/C14H25N3OS/c1-10(2)16-12(18)8-15-13-17-14(9-19-13)6-4-5-11(3)7-14/h10-11H,4-9H2,1-3H3,(H,15,17)(H,16,18). The molecule has 0 aromatic heterocycles. The molecule has 1 aliphatic carbocycles. The summed E-state index contributed by atoms with van der Waals surface area (Å²) in [6, 6.07) is 0.183. The number of carbonyl (C=O) groups is 1. The summed E-state index contributed by atoms with van der Waals surface area (Å²) >= 11 is 1.77. The molecule has 1 spiro atoms. The third-order valence-corrected chi connectivity index (χ3v) is 4.97. The van der Waals surface area contributed by atoms with Crippen molar-refractivity contribution in [1.29, 1.82) is 0 Å². The molecule has 1 amide bonds. The number of thioether (sulfide) groups is 1. The molecule has 0 aromatic carbocycles. The number of nitrogens with one attached hydrogen (secondary N) is 2. The molecular weight excluding hydrogens is 258 g/mol. The van der Waals surface area contributed by atoms with Crippen LogP contribution in [0.3, 0.4) is 0 Å². The van der Waals surface area contributed by atoms with E-state index in [0.29, 0.717) is 0 Å². The molecule has 1 heterocycles. The van der Waals surface area contributed by atoms with E-state index in [1.165, 1.54) is 25.7 Å². The Morgan fingerprint density at radius 2 is 2.42 bits per heavy atom.